The van der Waals surface area contributed by atoms with Gasteiger partial charge in [-0.3, -0.25) is 0 Å². The quantitative estimate of drug-likeness (QED) is 0.705. The predicted octanol–water partition coefficient (Wildman–Crippen LogP) is 3.09. The maximum Gasteiger partial charge on any atom is 0.129 e. The fraction of sp³-hybridized carbons (Fsp3) is 0.714. The van der Waals surface area contributed by atoms with Crippen LogP contribution in [0.5, 0.6) is 0 Å². The van der Waals surface area contributed by atoms with Crippen LogP contribution in [0.1, 0.15) is 44.4 Å². The molecule has 0 radical (unpaired) electrons. The van der Waals surface area contributed by atoms with Crippen LogP contribution in [-0.4, -0.2) is 12.6 Å². The van der Waals surface area contributed by atoms with Crippen molar-refractivity contribution < 1.29 is 9.15 Å². The number of hydrogen-bond acceptors (Lipinski definition) is 3. The van der Waals surface area contributed by atoms with E-state index in [2.05, 4.69) is 25.2 Å². The Bertz CT molecular complexity index is 329. The summed E-state index contributed by atoms with van der Waals surface area (Å²) in [5.74, 6) is 1.63. The molecule has 1 saturated carbocycles. The molecular weight excluding hydrogens is 214 g/mol. The van der Waals surface area contributed by atoms with E-state index in [1.165, 1.54) is 18.4 Å². The van der Waals surface area contributed by atoms with Gasteiger partial charge in [0.15, 0.2) is 0 Å². The number of nitrogens with one attached hydrogen (secondary N) is 1. The van der Waals surface area contributed by atoms with E-state index in [1.807, 2.05) is 6.26 Å². The first-order valence-electron chi connectivity index (χ1n) is 6.61. The van der Waals surface area contributed by atoms with Crippen LogP contribution in [-0.2, 0) is 17.9 Å². The number of rotatable bonds is 8. The highest BCUT2D eigenvalue weighted by Gasteiger charge is 2.20. The molecule has 0 amide bonds. The van der Waals surface area contributed by atoms with Gasteiger partial charge in [-0.15, -0.1) is 0 Å². The van der Waals surface area contributed by atoms with Gasteiger partial charge in [0.2, 0.25) is 0 Å². The van der Waals surface area contributed by atoms with Crippen LogP contribution in [0.3, 0.4) is 0 Å². The van der Waals surface area contributed by atoms with Crippen LogP contribution in [0.4, 0.5) is 0 Å². The molecule has 1 heterocycles. The molecule has 2 rings (SSSR count). The summed E-state index contributed by atoms with van der Waals surface area (Å²) in [5, 5.41) is 3.47. The lowest BCUT2D eigenvalue weighted by molar-refractivity contribution is 0.0970. The van der Waals surface area contributed by atoms with Gasteiger partial charge in [0.25, 0.3) is 0 Å². The Morgan fingerprint density at radius 2 is 2.29 bits per heavy atom. The minimum absolute atomic E-state index is 0.593. The van der Waals surface area contributed by atoms with Crippen molar-refractivity contribution >= 4 is 0 Å². The Hall–Kier alpha value is -0.800. The predicted molar refractivity (Wildman–Crippen MR) is 67.7 cm³/mol. The third kappa shape index (κ3) is 4.92. The van der Waals surface area contributed by atoms with Crippen molar-refractivity contribution in [1.29, 1.82) is 0 Å². The normalized spacial score (nSPS) is 15.7. The summed E-state index contributed by atoms with van der Waals surface area (Å²) in [4.78, 5) is 0. The molecule has 0 bridgehead atoms. The maximum absolute atomic E-state index is 5.57. The fourth-order valence-corrected chi connectivity index (χ4v) is 1.64. The van der Waals surface area contributed by atoms with Gasteiger partial charge in [-0.05, 0) is 31.2 Å². The Morgan fingerprint density at radius 1 is 1.47 bits per heavy atom. The number of ether oxygens (including phenoxy) is 1. The Kier molecular flexibility index (Phi) is 4.63. The molecule has 3 heteroatoms. The SMILES string of the molecule is CC(C)CCOCc1cc(CNC2CC2)co1. The van der Waals surface area contributed by atoms with Gasteiger partial charge in [-0.2, -0.15) is 0 Å². The molecule has 0 spiro atoms. The van der Waals surface area contributed by atoms with E-state index in [0.717, 1.165) is 31.4 Å². The molecule has 0 aromatic carbocycles. The molecule has 1 aromatic rings. The van der Waals surface area contributed by atoms with E-state index in [9.17, 15) is 0 Å². The lowest BCUT2D eigenvalue weighted by Crippen LogP contribution is -2.14. The largest absolute Gasteiger partial charge is 0.467 e. The minimum Gasteiger partial charge on any atom is -0.467 e. The molecule has 1 aromatic heterocycles. The van der Waals surface area contributed by atoms with Crippen molar-refractivity contribution in [3.05, 3.63) is 23.7 Å². The molecule has 1 N–H and O–H groups in total. The van der Waals surface area contributed by atoms with E-state index in [0.29, 0.717) is 12.5 Å². The van der Waals surface area contributed by atoms with Crippen LogP contribution < -0.4 is 5.32 Å². The van der Waals surface area contributed by atoms with Gasteiger partial charge in [0.05, 0.1) is 6.26 Å². The van der Waals surface area contributed by atoms with Crippen LogP contribution in [0, 0.1) is 5.92 Å². The van der Waals surface area contributed by atoms with E-state index in [1.54, 1.807) is 0 Å². The average Bonchev–Trinajstić information content (AvgIpc) is 3.01. The number of furan rings is 1. The average molecular weight is 237 g/mol. The van der Waals surface area contributed by atoms with Crippen LogP contribution >= 0.6 is 0 Å². The molecule has 1 aliphatic carbocycles. The van der Waals surface area contributed by atoms with Crippen LogP contribution in [0.2, 0.25) is 0 Å². The fourth-order valence-electron chi connectivity index (χ4n) is 1.64. The Morgan fingerprint density at radius 3 is 3.00 bits per heavy atom. The van der Waals surface area contributed by atoms with Crippen molar-refractivity contribution in [2.75, 3.05) is 6.61 Å². The van der Waals surface area contributed by atoms with Crippen LogP contribution in [0.25, 0.3) is 0 Å². The van der Waals surface area contributed by atoms with Gasteiger partial charge >= 0.3 is 0 Å². The zero-order valence-corrected chi connectivity index (χ0v) is 10.9. The summed E-state index contributed by atoms with van der Waals surface area (Å²) in [6, 6.07) is 2.83. The molecule has 96 valence electrons. The van der Waals surface area contributed by atoms with E-state index < -0.39 is 0 Å². The molecule has 0 aliphatic heterocycles. The molecule has 17 heavy (non-hydrogen) atoms. The zero-order valence-electron chi connectivity index (χ0n) is 10.9. The van der Waals surface area contributed by atoms with Crippen molar-refractivity contribution in [2.24, 2.45) is 5.92 Å². The third-order valence-electron chi connectivity index (χ3n) is 2.96. The van der Waals surface area contributed by atoms with E-state index >= 15 is 0 Å². The zero-order chi connectivity index (χ0) is 12.1. The van der Waals surface area contributed by atoms with E-state index in [-0.39, 0.29) is 0 Å². The lowest BCUT2D eigenvalue weighted by Gasteiger charge is -2.04. The van der Waals surface area contributed by atoms with Gasteiger partial charge in [-0.25, -0.2) is 0 Å². The highest BCUT2D eigenvalue weighted by molar-refractivity contribution is 5.12. The smallest absolute Gasteiger partial charge is 0.129 e. The first kappa shape index (κ1) is 12.7. The second-order valence-electron chi connectivity index (χ2n) is 5.31. The van der Waals surface area contributed by atoms with Gasteiger partial charge in [-0.1, -0.05) is 13.8 Å². The van der Waals surface area contributed by atoms with Gasteiger partial charge < -0.3 is 14.5 Å². The monoisotopic (exact) mass is 237 g/mol. The summed E-state index contributed by atoms with van der Waals surface area (Å²) < 4.78 is 11.0. The molecular formula is C14H23NO2. The topological polar surface area (TPSA) is 34.4 Å². The highest BCUT2D eigenvalue weighted by Crippen LogP contribution is 2.19. The molecule has 3 nitrogen and oxygen atoms in total. The van der Waals surface area contributed by atoms with E-state index in [4.69, 9.17) is 9.15 Å². The molecule has 0 unspecified atom stereocenters. The van der Waals surface area contributed by atoms with Crippen molar-refractivity contribution in [1.82, 2.24) is 5.32 Å². The third-order valence-corrected chi connectivity index (χ3v) is 2.96. The highest BCUT2D eigenvalue weighted by atomic mass is 16.5. The number of hydrogen-bond donors (Lipinski definition) is 1. The Labute approximate surface area is 104 Å². The van der Waals surface area contributed by atoms with Crippen molar-refractivity contribution in [3.63, 3.8) is 0 Å². The first-order chi connectivity index (χ1) is 8.24. The van der Waals surface area contributed by atoms with Gasteiger partial charge in [0, 0.05) is 24.8 Å². The van der Waals surface area contributed by atoms with Crippen molar-refractivity contribution in [3.8, 4) is 0 Å². The second-order valence-corrected chi connectivity index (χ2v) is 5.31. The minimum atomic E-state index is 0.593. The summed E-state index contributed by atoms with van der Waals surface area (Å²) in [6.07, 6.45) is 5.58. The lowest BCUT2D eigenvalue weighted by atomic mass is 10.1. The summed E-state index contributed by atoms with van der Waals surface area (Å²) in [6.45, 7) is 6.74. The van der Waals surface area contributed by atoms with Crippen LogP contribution in [0.15, 0.2) is 16.7 Å². The Balaban J connectivity index is 1.62. The molecule has 0 atom stereocenters. The second kappa shape index (κ2) is 6.22. The molecule has 0 saturated heterocycles. The summed E-state index contributed by atoms with van der Waals surface area (Å²) in [5.41, 5.74) is 1.22. The summed E-state index contributed by atoms with van der Waals surface area (Å²) in [7, 11) is 0. The summed E-state index contributed by atoms with van der Waals surface area (Å²) >= 11 is 0. The standard InChI is InChI=1S/C14H23NO2/c1-11(2)5-6-16-10-14-7-12(9-17-14)8-15-13-3-4-13/h7,9,11,13,15H,3-6,8,10H2,1-2H3. The first-order valence-corrected chi connectivity index (χ1v) is 6.61. The maximum atomic E-state index is 5.57. The molecule has 1 fully saturated rings. The molecule has 1 aliphatic rings. The van der Waals surface area contributed by atoms with Gasteiger partial charge in [0.1, 0.15) is 12.4 Å². The van der Waals surface area contributed by atoms with Crippen molar-refractivity contribution in [2.45, 2.75) is 52.3 Å².